The first-order valence-electron chi connectivity index (χ1n) is 8.57. The lowest BCUT2D eigenvalue weighted by molar-refractivity contribution is -0.136. The lowest BCUT2D eigenvalue weighted by Gasteiger charge is -2.34. The molecule has 24 heavy (non-hydrogen) atoms. The van der Waals surface area contributed by atoms with E-state index in [1.54, 1.807) is 6.33 Å². The Kier molecular flexibility index (Phi) is 3.88. The molecule has 2 aromatic heterocycles. The van der Waals surface area contributed by atoms with Gasteiger partial charge in [-0.3, -0.25) is 4.79 Å². The zero-order valence-electron chi connectivity index (χ0n) is 13.9. The molecule has 0 spiro atoms. The van der Waals surface area contributed by atoms with Crippen LogP contribution < -0.4 is 4.90 Å². The van der Waals surface area contributed by atoms with Crippen molar-refractivity contribution in [2.45, 2.75) is 25.3 Å². The third-order valence-electron chi connectivity index (χ3n) is 5.74. The summed E-state index contributed by atoms with van der Waals surface area (Å²) in [5.74, 6) is 2.00. The van der Waals surface area contributed by atoms with Crippen molar-refractivity contribution in [1.82, 2.24) is 19.9 Å². The Balaban J connectivity index is 1.50. The van der Waals surface area contributed by atoms with Gasteiger partial charge in [-0.15, -0.1) is 0 Å². The number of piperidine rings is 1. The molecule has 2 aromatic rings. The molecule has 0 aromatic carbocycles. The van der Waals surface area contributed by atoms with E-state index < -0.39 is 0 Å². The average Bonchev–Trinajstić information content (AvgIpc) is 3.25. The normalized spacial score (nSPS) is 26.6. The summed E-state index contributed by atoms with van der Waals surface area (Å²) in [7, 11) is 2.10. The smallest absolute Gasteiger partial charge is 0.248 e. The Labute approximate surface area is 140 Å². The SMILES string of the molecule is CN(c1ncnc2[nH]ccc12)C1CC2CN(C(=O)CO)CC[C@H]2C1. The minimum absolute atomic E-state index is 0.143. The standard InChI is InChI=1S/C17H23N5O2/c1-21(17-14-2-4-18-16(14)19-10-20-17)13-6-11-3-5-22(15(24)9-23)8-12(11)7-13/h2,4,10-13,23H,3,5-9H2,1H3,(H,18,19,20)/t11-,12?,13?/m0/s1. The van der Waals surface area contributed by atoms with E-state index in [9.17, 15) is 4.79 Å². The number of hydrogen-bond donors (Lipinski definition) is 2. The summed E-state index contributed by atoms with van der Waals surface area (Å²) in [6.07, 6.45) is 6.73. The van der Waals surface area contributed by atoms with E-state index >= 15 is 0 Å². The minimum Gasteiger partial charge on any atom is -0.387 e. The summed E-state index contributed by atoms with van der Waals surface area (Å²) in [6.45, 7) is 1.16. The number of anilines is 1. The van der Waals surface area contributed by atoms with Gasteiger partial charge in [0.2, 0.25) is 5.91 Å². The third-order valence-corrected chi connectivity index (χ3v) is 5.74. The van der Waals surface area contributed by atoms with Crippen LogP contribution in [0.2, 0.25) is 0 Å². The van der Waals surface area contributed by atoms with Crippen LogP contribution in [0.3, 0.4) is 0 Å². The number of aliphatic hydroxyl groups is 1. The van der Waals surface area contributed by atoms with Gasteiger partial charge in [-0.05, 0) is 37.2 Å². The van der Waals surface area contributed by atoms with Crippen LogP contribution in [0.1, 0.15) is 19.3 Å². The topological polar surface area (TPSA) is 85.4 Å². The van der Waals surface area contributed by atoms with Crippen molar-refractivity contribution in [3.05, 3.63) is 18.6 Å². The molecule has 1 amide bonds. The number of aliphatic hydroxyl groups excluding tert-OH is 1. The van der Waals surface area contributed by atoms with Crippen molar-refractivity contribution in [2.75, 3.05) is 31.6 Å². The molecular weight excluding hydrogens is 306 g/mol. The Morgan fingerprint density at radius 1 is 1.42 bits per heavy atom. The number of aromatic nitrogens is 3. The molecule has 7 nitrogen and oxygen atoms in total. The maximum Gasteiger partial charge on any atom is 0.248 e. The van der Waals surface area contributed by atoms with E-state index in [-0.39, 0.29) is 12.5 Å². The zero-order valence-corrected chi connectivity index (χ0v) is 13.9. The zero-order chi connectivity index (χ0) is 16.7. The average molecular weight is 329 g/mol. The van der Waals surface area contributed by atoms with Gasteiger partial charge < -0.3 is 19.9 Å². The largest absolute Gasteiger partial charge is 0.387 e. The fraction of sp³-hybridized carbons (Fsp3) is 0.588. The molecule has 2 fully saturated rings. The van der Waals surface area contributed by atoms with Gasteiger partial charge in [0.1, 0.15) is 24.4 Å². The fourth-order valence-corrected chi connectivity index (χ4v) is 4.41. The summed E-state index contributed by atoms with van der Waals surface area (Å²) < 4.78 is 0. The van der Waals surface area contributed by atoms with Crippen LogP contribution in [0.5, 0.6) is 0 Å². The van der Waals surface area contributed by atoms with Gasteiger partial charge in [-0.2, -0.15) is 0 Å². The quantitative estimate of drug-likeness (QED) is 0.878. The lowest BCUT2D eigenvalue weighted by Crippen LogP contribution is -2.43. The Morgan fingerprint density at radius 2 is 2.25 bits per heavy atom. The highest BCUT2D eigenvalue weighted by atomic mass is 16.3. The van der Waals surface area contributed by atoms with Crippen LogP contribution in [0.4, 0.5) is 5.82 Å². The number of carbonyl (C=O) groups is 1. The van der Waals surface area contributed by atoms with Gasteiger partial charge in [0.15, 0.2) is 0 Å². The molecule has 2 N–H and O–H groups in total. The number of amides is 1. The second kappa shape index (κ2) is 6.05. The number of rotatable bonds is 3. The van der Waals surface area contributed by atoms with Crippen molar-refractivity contribution in [3.8, 4) is 0 Å². The van der Waals surface area contributed by atoms with E-state index in [1.807, 2.05) is 17.2 Å². The van der Waals surface area contributed by atoms with Crippen LogP contribution >= 0.6 is 0 Å². The molecular formula is C17H23N5O2. The van der Waals surface area contributed by atoms with Gasteiger partial charge in [0.05, 0.1) is 5.39 Å². The van der Waals surface area contributed by atoms with Crippen molar-refractivity contribution < 1.29 is 9.90 Å². The first-order chi connectivity index (χ1) is 11.7. The van der Waals surface area contributed by atoms with E-state index in [0.29, 0.717) is 17.9 Å². The number of likely N-dealkylation sites (tertiary alicyclic amines) is 1. The monoisotopic (exact) mass is 329 g/mol. The molecule has 1 saturated carbocycles. The molecule has 1 aliphatic heterocycles. The van der Waals surface area contributed by atoms with E-state index in [1.165, 1.54) is 0 Å². The van der Waals surface area contributed by atoms with Gasteiger partial charge >= 0.3 is 0 Å². The fourth-order valence-electron chi connectivity index (χ4n) is 4.41. The molecule has 3 heterocycles. The summed E-state index contributed by atoms with van der Waals surface area (Å²) >= 11 is 0. The predicted octanol–water partition coefficient (Wildman–Crippen LogP) is 1.01. The van der Waals surface area contributed by atoms with Gasteiger partial charge in [-0.1, -0.05) is 0 Å². The number of carbonyl (C=O) groups excluding carboxylic acids is 1. The molecule has 0 bridgehead atoms. The summed E-state index contributed by atoms with van der Waals surface area (Å²) in [6, 6.07) is 2.45. The highest BCUT2D eigenvalue weighted by molar-refractivity contribution is 5.87. The van der Waals surface area contributed by atoms with Gasteiger partial charge in [0, 0.05) is 32.4 Å². The molecule has 3 atom stereocenters. The molecule has 7 heteroatoms. The van der Waals surface area contributed by atoms with Crippen molar-refractivity contribution >= 4 is 22.8 Å². The number of H-pyrrole nitrogens is 1. The van der Waals surface area contributed by atoms with Crippen molar-refractivity contribution in [1.29, 1.82) is 0 Å². The summed E-state index contributed by atoms with van der Waals surface area (Å²) in [5, 5.41) is 10.1. The first kappa shape index (κ1) is 15.4. The van der Waals surface area contributed by atoms with E-state index in [4.69, 9.17) is 5.11 Å². The van der Waals surface area contributed by atoms with Crippen LogP contribution in [-0.4, -0.2) is 63.7 Å². The van der Waals surface area contributed by atoms with Crippen LogP contribution in [0.25, 0.3) is 11.0 Å². The summed E-state index contributed by atoms with van der Waals surface area (Å²) in [4.78, 5) is 27.7. The molecule has 1 saturated heterocycles. The van der Waals surface area contributed by atoms with Crippen molar-refractivity contribution in [3.63, 3.8) is 0 Å². The molecule has 0 radical (unpaired) electrons. The predicted molar refractivity (Wildman–Crippen MR) is 90.6 cm³/mol. The van der Waals surface area contributed by atoms with Crippen molar-refractivity contribution in [2.24, 2.45) is 11.8 Å². The first-order valence-corrected chi connectivity index (χ1v) is 8.57. The molecule has 4 rings (SSSR count). The van der Waals surface area contributed by atoms with E-state index in [0.717, 1.165) is 49.2 Å². The molecule has 128 valence electrons. The third kappa shape index (κ3) is 2.53. The number of aromatic amines is 1. The summed E-state index contributed by atoms with van der Waals surface area (Å²) in [5.41, 5.74) is 0.863. The highest BCUT2D eigenvalue weighted by Gasteiger charge is 2.40. The number of nitrogens with zero attached hydrogens (tertiary/aromatic N) is 4. The number of hydrogen-bond acceptors (Lipinski definition) is 5. The van der Waals surface area contributed by atoms with Crippen LogP contribution in [0, 0.1) is 11.8 Å². The Hall–Kier alpha value is -2.15. The molecule has 2 aliphatic rings. The van der Waals surface area contributed by atoms with E-state index in [2.05, 4.69) is 26.9 Å². The van der Waals surface area contributed by atoms with Gasteiger partial charge in [0.25, 0.3) is 0 Å². The second-order valence-corrected chi connectivity index (χ2v) is 6.98. The molecule has 2 unspecified atom stereocenters. The van der Waals surface area contributed by atoms with Gasteiger partial charge in [-0.25, -0.2) is 9.97 Å². The number of fused-ring (bicyclic) bond motifs is 2. The number of nitrogens with one attached hydrogen (secondary N) is 1. The Bertz CT molecular complexity index is 745. The maximum atomic E-state index is 11.8. The Morgan fingerprint density at radius 3 is 3.08 bits per heavy atom. The highest BCUT2D eigenvalue weighted by Crippen LogP contribution is 2.41. The molecule has 1 aliphatic carbocycles. The van der Waals surface area contributed by atoms with Crippen LogP contribution in [-0.2, 0) is 4.79 Å². The van der Waals surface area contributed by atoms with Crippen LogP contribution in [0.15, 0.2) is 18.6 Å². The second-order valence-electron chi connectivity index (χ2n) is 6.98. The maximum absolute atomic E-state index is 11.8. The lowest BCUT2D eigenvalue weighted by atomic mass is 9.89. The minimum atomic E-state index is -0.382.